The van der Waals surface area contributed by atoms with E-state index >= 15 is 0 Å². The molecule has 0 radical (unpaired) electrons. The Morgan fingerprint density at radius 1 is 1.24 bits per heavy atom. The van der Waals surface area contributed by atoms with Gasteiger partial charge in [0.2, 0.25) is 10.0 Å². The SMILES string of the molecule is CC(C)c1cc(CC(=O)CCS(=O)(=O)N(c2cnn(C)c2)C2CCCN(C)C2)c(C(C)C)s1. The standard InChI is InChI=1S/C24H38N4O3S2/c1-17(2)23-13-19(24(32-23)18(3)4)12-22(29)9-11-33(30,31)28(21-14-25-27(6)16-21)20-8-7-10-26(5)15-20/h13-14,16-18,20H,7-12,15H2,1-6H3. The van der Waals surface area contributed by atoms with E-state index in [1.165, 1.54) is 14.1 Å². The van der Waals surface area contributed by atoms with Gasteiger partial charge >= 0.3 is 0 Å². The molecule has 1 fully saturated rings. The van der Waals surface area contributed by atoms with Gasteiger partial charge in [0.25, 0.3) is 0 Å². The van der Waals surface area contributed by atoms with Crippen molar-refractivity contribution in [2.45, 2.75) is 71.3 Å². The molecule has 1 unspecified atom stereocenters. The minimum absolute atomic E-state index is 0.0199. The summed E-state index contributed by atoms with van der Waals surface area (Å²) < 4.78 is 30.1. The van der Waals surface area contributed by atoms with Crippen molar-refractivity contribution >= 4 is 32.8 Å². The van der Waals surface area contributed by atoms with Crippen LogP contribution in [0.3, 0.4) is 0 Å². The first-order valence-corrected chi connectivity index (χ1v) is 14.2. The second-order valence-electron chi connectivity index (χ2n) is 9.86. The molecule has 0 saturated carbocycles. The number of thiophene rings is 1. The molecule has 2 aromatic rings. The fourth-order valence-electron chi connectivity index (χ4n) is 4.47. The Balaban J connectivity index is 1.75. The van der Waals surface area contributed by atoms with Crippen LogP contribution in [0.4, 0.5) is 5.69 Å². The summed E-state index contributed by atoms with van der Waals surface area (Å²) in [4.78, 5) is 17.6. The summed E-state index contributed by atoms with van der Waals surface area (Å²) in [5, 5.41) is 4.19. The van der Waals surface area contributed by atoms with E-state index in [0.717, 1.165) is 24.9 Å². The van der Waals surface area contributed by atoms with E-state index in [4.69, 9.17) is 0 Å². The topological polar surface area (TPSA) is 75.5 Å². The van der Waals surface area contributed by atoms with E-state index in [2.05, 4.69) is 43.8 Å². The van der Waals surface area contributed by atoms with E-state index in [1.807, 2.05) is 7.05 Å². The molecule has 7 nitrogen and oxygen atoms in total. The molecule has 1 saturated heterocycles. The monoisotopic (exact) mass is 494 g/mol. The Kier molecular flexibility index (Phi) is 8.40. The maximum atomic E-state index is 13.5. The first kappa shape index (κ1) is 25.9. The third kappa shape index (κ3) is 6.45. The highest BCUT2D eigenvalue weighted by Crippen LogP contribution is 2.34. The number of hydrogen-bond donors (Lipinski definition) is 0. The number of piperidine rings is 1. The van der Waals surface area contributed by atoms with Crippen LogP contribution in [0.1, 0.15) is 74.1 Å². The molecular formula is C24H38N4O3S2. The zero-order chi connectivity index (χ0) is 24.3. The van der Waals surface area contributed by atoms with Crippen LogP contribution in [0.2, 0.25) is 0 Å². The molecule has 0 spiro atoms. The smallest absolute Gasteiger partial charge is 0.235 e. The van der Waals surface area contributed by atoms with Crippen molar-refractivity contribution in [2.75, 3.05) is 30.2 Å². The van der Waals surface area contributed by atoms with E-state index < -0.39 is 10.0 Å². The number of likely N-dealkylation sites (N-methyl/N-ethyl adjacent to an activating group) is 1. The molecule has 0 aliphatic carbocycles. The Bertz CT molecular complexity index is 1060. The maximum Gasteiger partial charge on any atom is 0.235 e. The Morgan fingerprint density at radius 2 is 1.97 bits per heavy atom. The summed E-state index contributed by atoms with van der Waals surface area (Å²) in [5.74, 6) is 0.552. The van der Waals surface area contributed by atoms with Gasteiger partial charge < -0.3 is 4.90 Å². The molecule has 1 atom stereocenters. The van der Waals surface area contributed by atoms with Crippen molar-refractivity contribution in [2.24, 2.45) is 7.05 Å². The number of aromatic nitrogens is 2. The first-order valence-electron chi connectivity index (χ1n) is 11.8. The lowest BCUT2D eigenvalue weighted by Crippen LogP contribution is -2.50. The van der Waals surface area contributed by atoms with Gasteiger partial charge in [-0.3, -0.25) is 13.8 Å². The van der Waals surface area contributed by atoms with Gasteiger partial charge in [0.15, 0.2) is 0 Å². The minimum Gasteiger partial charge on any atom is -0.304 e. The summed E-state index contributed by atoms with van der Waals surface area (Å²) in [7, 11) is 0.125. The highest BCUT2D eigenvalue weighted by molar-refractivity contribution is 7.92. The zero-order valence-corrected chi connectivity index (χ0v) is 22.4. The van der Waals surface area contributed by atoms with E-state index in [-0.39, 0.29) is 24.0 Å². The van der Waals surface area contributed by atoms with Crippen LogP contribution in [0.15, 0.2) is 18.5 Å². The molecule has 0 N–H and O–H groups in total. The van der Waals surface area contributed by atoms with Gasteiger partial charge in [-0.2, -0.15) is 5.10 Å². The number of nitrogens with zero attached hydrogens (tertiary/aromatic N) is 4. The molecule has 9 heteroatoms. The Hall–Kier alpha value is -1.71. The molecule has 0 amide bonds. The average molecular weight is 495 g/mol. The number of Topliss-reactive ketones (excluding diaryl/α,β-unsaturated/α-hetero) is 1. The number of likely N-dealkylation sites (tertiary alicyclic amines) is 1. The molecule has 1 aliphatic rings. The number of sulfonamides is 1. The highest BCUT2D eigenvalue weighted by Gasteiger charge is 2.33. The average Bonchev–Trinajstić information content (AvgIpc) is 3.33. The third-order valence-electron chi connectivity index (χ3n) is 6.16. The Labute approximate surface area is 202 Å². The van der Waals surface area contributed by atoms with Crippen LogP contribution in [0.25, 0.3) is 0 Å². The van der Waals surface area contributed by atoms with Crippen LogP contribution in [-0.2, 0) is 28.3 Å². The van der Waals surface area contributed by atoms with Crippen LogP contribution in [0, 0.1) is 0 Å². The van der Waals surface area contributed by atoms with Crippen LogP contribution in [-0.4, -0.2) is 60.8 Å². The fraction of sp³-hybridized carbons (Fsp3) is 0.667. The lowest BCUT2D eigenvalue weighted by Gasteiger charge is -2.37. The summed E-state index contributed by atoms with van der Waals surface area (Å²) in [6, 6.07) is 1.99. The van der Waals surface area contributed by atoms with Gasteiger partial charge in [-0.25, -0.2) is 8.42 Å². The lowest BCUT2D eigenvalue weighted by atomic mass is 10.0. The molecule has 3 heterocycles. The fourth-order valence-corrected chi connectivity index (χ4v) is 7.38. The molecule has 184 valence electrons. The predicted octanol–water partition coefficient (Wildman–Crippen LogP) is 4.16. The first-order chi connectivity index (χ1) is 15.5. The number of ketones is 1. The quantitative estimate of drug-likeness (QED) is 0.496. The number of carbonyl (C=O) groups is 1. The summed E-state index contributed by atoms with van der Waals surface area (Å²) in [6.07, 6.45) is 5.40. The van der Waals surface area contributed by atoms with E-state index in [1.54, 1.807) is 35.5 Å². The highest BCUT2D eigenvalue weighted by atomic mass is 32.2. The summed E-state index contributed by atoms with van der Waals surface area (Å²) >= 11 is 1.77. The largest absolute Gasteiger partial charge is 0.304 e. The number of anilines is 1. The van der Waals surface area contributed by atoms with Crippen LogP contribution in [0.5, 0.6) is 0 Å². The van der Waals surface area contributed by atoms with Crippen molar-refractivity contribution in [1.29, 1.82) is 0 Å². The van der Waals surface area contributed by atoms with E-state index in [9.17, 15) is 13.2 Å². The van der Waals surface area contributed by atoms with Crippen molar-refractivity contribution < 1.29 is 13.2 Å². The molecule has 0 bridgehead atoms. The van der Waals surface area contributed by atoms with Crippen LogP contribution >= 0.6 is 11.3 Å². The molecule has 2 aromatic heterocycles. The second-order valence-corrected chi connectivity index (χ2v) is 12.9. The van der Waals surface area contributed by atoms with Gasteiger partial charge in [0.05, 0.1) is 23.7 Å². The molecular weight excluding hydrogens is 456 g/mol. The third-order valence-corrected chi connectivity index (χ3v) is 9.76. The van der Waals surface area contributed by atoms with Crippen molar-refractivity contribution in [3.63, 3.8) is 0 Å². The number of aryl methyl sites for hydroxylation is 1. The minimum atomic E-state index is -3.67. The molecule has 33 heavy (non-hydrogen) atoms. The normalized spacial score (nSPS) is 17.8. The predicted molar refractivity (Wildman–Crippen MR) is 136 cm³/mol. The molecule has 3 rings (SSSR count). The van der Waals surface area contributed by atoms with Crippen molar-refractivity contribution in [1.82, 2.24) is 14.7 Å². The van der Waals surface area contributed by atoms with Crippen LogP contribution < -0.4 is 4.31 Å². The number of carbonyl (C=O) groups excluding carboxylic acids is 1. The lowest BCUT2D eigenvalue weighted by molar-refractivity contribution is -0.118. The van der Waals surface area contributed by atoms with Crippen molar-refractivity contribution in [3.05, 3.63) is 33.8 Å². The summed E-state index contributed by atoms with van der Waals surface area (Å²) in [5.41, 5.74) is 1.63. The van der Waals surface area contributed by atoms with Gasteiger partial charge in [-0.05, 0) is 49.9 Å². The van der Waals surface area contributed by atoms with E-state index in [0.29, 0.717) is 30.5 Å². The Morgan fingerprint density at radius 3 is 2.55 bits per heavy atom. The van der Waals surface area contributed by atoms with Crippen molar-refractivity contribution in [3.8, 4) is 0 Å². The summed E-state index contributed by atoms with van der Waals surface area (Å²) in [6.45, 7) is 10.2. The van der Waals surface area contributed by atoms with Gasteiger partial charge in [-0.15, -0.1) is 11.3 Å². The van der Waals surface area contributed by atoms with Gasteiger partial charge in [0.1, 0.15) is 5.78 Å². The zero-order valence-electron chi connectivity index (χ0n) is 20.7. The van der Waals surface area contributed by atoms with Gasteiger partial charge in [0, 0.05) is 42.4 Å². The number of rotatable bonds is 10. The second kappa shape index (κ2) is 10.7. The number of hydrogen-bond acceptors (Lipinski definition) is 6. The molecule has 0 aromatic carbocycles. The molecule has 1 aliphatic heterocycles. The van der Waals surface area contributed by atoms with Gasteiger partial charge in [-0.1, -0.05) is 27.7 Å². The maximum absolute atomic E-state index is 13.5.